The maximum Gasteiger partial charge on any atom is 0.304 e. The van der Waals surface area contributed by atoms with E-state index in [4.69, 9.17) is 5.11 Å². The average molecular weight is 510 g/mol. The van der Waals surface area contributed by atoms with Gasteiger partial charge >= 0.3 is 16.2 Å². The lowest BCUT2D eigenvalue weighted by Gasteiger charge is -2.23. The first-order chi connectivity index (χ1) is 12.8. The number of unbranched alkanes of at least 4 members (excludes halogenated alkanes) is 5. The lowest BCUT2D eigenvalue weighted by molar-refractivity contribution is -0.137. The van der Waals surface area contributed by atoms with Gasteiger partial charge in [0.1, 0.15) is 0 Å². The van der Waals surface area contributed by atoms with Crippen molar-refractivity contribution in [1.82, 2.24) is 4.72 Å². The van der Waals surface area contributed by atoms with Crippen molar-refractivity contribution in [2.75, 3.05) is 15.8 Å². The van der Waals surface area contributed by atoms with Crippen molar-refractivity contribution in [3.8, 4) is 0 Å². The minimum Gasteiger partial charge on any atom is -0.481 e. The molecule has 1 aromatic carbocycles. The van der Waals surface area contributed by atoms with Gasteiger partial charge in [0.05, 0.1) is 12.1 Å². The Bertz CT molecular complexity index is 665. The van der Waals surface area contributed by atoms with Crippen LogP contribution in [0.5, 0.6) is 0 Å². The number of rotatable bonds is 14. The van der Waals surface area contributed by atoms with Gasteiger partial charge in [0.15, 0.2) is 0 Å². The Hall–Kier alpha value is -0.870. The summed E-state index contributed by atoms with van der Waals surface area (Å²) in [5.74, 6) is -1.03. The highest BCUT2D eigenvalue weighted by Crippen LogP contribution is 2.18. The number of carboxylic acid groups (broad SMARTS) is 1. The fraction of sp³-hybridized carbons (Fsp3) is 0.632. The van der Waals surface area contributed by atoms with Gasteiger partial charge in [-0.1, -0.05) is 73.8 Å². The molecule has 1 rings (SSSR count). The van der Waals surface area contributed by atoms with Crippen LogP contribution in [0.2, 0.25) is 0 Å². The molecule has 154 valence electrons. The summed E-state index contributed by atoms with van der Waals surface area (Å²) in [4.78, 5) is 10.8. The summed E-state index contributed by atoms with van der Waals surface area (Å²) in [6.07, 6.45) is 8.24. The highest BCUT2D eigenvalue weighted by molar-refractivity contribution is 14.1. The smallest absolute Gasteiger partial charge is 0.304 e. The molecule has 0 unspecified atom stereocenters. The molecular formula is C19H31IN2O4S. The van der Waals surface area contributed by atoms with Crippen LogP contribution in [-0.4, -0.2) is 37.0 Å². The summed E-state index contributed by atoms with van der Waals surface area (Å²) in [5.41, 5.74) is 1.75. The zero-order valence-corrected chi connectivity index (χ0v) is 19.1. The van der Waals surface area contributed by atoms with E-state index in [1.165, 1.54) is 44.7 Å². The van der Waals surface area contributed by atoms with Gasteiger partial charge in [-0.05, 0) is 30.5 Å². The second kappa shape index (κ2) is 12.6. The van der Waals surface area contributed by atoms with Gasteiger partial charge in [-0.2, -0.15) is 13.1 Å². The summed E-state index contributed by atoms with van der Waals surface area (Å²) >= 11 is 1.98. The highest BCUT2D eigenvalue weighted by Gasteiger charge is 2.23. The van der Waals surface area contributed by atoms with Gasteiger partial charge in [0, 0.05) is 17.5 Å². The normalized spacial score (nSPS) is 12.7. The molecule has 0 aromatic heterocycles. The average Bonchev–Trinajstić information content (AvgIpc) is 2.63. The Morgan fingerprint density at radius 3 is 2.30 bits per heavy atom. The third kappa shape index (κ3) is 9.25. The van der Waals surface area contributed by atoms with Crippen molar-refractivity contribution in [2.45, 2.75) is 64.3 Å². The van der Waals surface area contributed by atoms with E-state index >= 15 is 0 Å². The van der Waals surface area contributed by atoms with Crippen LogP contribution < -0.4 is 9.03 Å². The van der Waals surface area contributed by atoms with Crippen molar-refractivity contribution in [3.05, 3.63) is 29.8 Å². The van der Waals surface area contributed by atoms with E-state index in [0.717, 1.165) is 17.1 Å². The van der Waals surface area contributed by atoms with E-state index in [2.05, 4.69) is 11.6 Å². The van der Waals surface area contributed by atoms with Crippen molar-refractivity contribution in [1.29, 1.82) is 0 Å². The molecule has 2 N–H and O–H groups in total. The van der Waals surface area contributed by atoms with Crippen LogP contribution in [-0.2, 0) is 21.4 Å². The maximum absolute atomic E-state index is 12.5. The summed E-state index contributed by atoms with van der Waals surface area (Å²) in [6, 6.07) is 6.87. The molecule has 0 aliphatic carbocycles. The van der Waals surface area contributed by atoms with E-state index in [-0.39, 0.29) is 6.42 Å². The third-order valence-corrected chi connectivity index (χ3v) is 7.03. The van der Waals surface area contributed by atoms with Crippen molar-refractivity contribution >= 4 is 44.5 Å². The van der Waals surface area contributed by atoms with Crippen LogP contribution >= 0.6 is 22.6 Å². The van der Waals surface area contributed by atoms with Crippen LogP contribution in [0.25, 0.3) is 0 Å². The predicted octanol–water partition coefficient (Wildman–Crippen LogP) is 4.14. The number of nitrogens with zero attached hydrogens (tertiary/aromatic N) is 1. The van der Waals surface area contributed by atoms with E-state index in [1.54, 1.807) is 12.1 Å². The zero-order chi connectivity index (χ0) is 20.3. The van der Waals surface area contributed by atoms with Crippen LogP contribution in [0.1, 0.15) is 57.4 Å². The Morgan fingerprint density at radius 1 is 1.15 bits per heavy atom. The molecule has 0 amide bonds. The first-order valence-electron chi connectivity index (χ1n) is 9.43. The van der Waals surface area contributed by atoms with Gasteiger partial charge in [0.25, 0.3) is 0 Å². The number of carbonyl (C=O) groups is 1. The highest BCUT2D eigenvalue weighted by atomic mass is 127. The van der Waals surface area contributed by atoms with Gasteiger partial charge in [-0.3, -0.25) is 9.10 Å². The molecule has 1 atom stereocenters. The molecule has 0 radical (unpaired) electrons. The topological polar surface area (TPSA) is 86.7 Å². The molecule has 0 aliphatic heterocycles. The number of hydrogen-bond acceptors (Lipinski definition) is 3. The number of alkyl halides is 1. The fourth-order valence-electron chi connectivity index (χ4n) is 2.75. The number of anilines is 1. The summed E-state index contributed by atoms with van der Waals surface area (Å²) < 4.78 is 29.0. The molecule has 0 bridgehead atoms. The predicted molar refractivity (Wildman–Crippen MR) is 119 cm³/mol. The Labute approximate surface area is 177 Å². The number of nitrogens with one attached hydrogen (secondary N) is 1. The van der Waals surface area contributed by atoms with Crippen molar-refractivity contribution < 1.29 is 18.3 Å². The minimum absolute atomic E-state index is 0.243. The van der Waals surface area contributed by atoms with Gasteiger partial charge in [-0.15, -0.1) is 0 Å². The molecular weight excluding hydrogens is 479 g/mol. The largest absolute Gasteiger partial charge is 0.481 e. The second-order valence-electron chi connectivity index (χ2n) is 6.72. The molecule has 0 heterocycles. The molecule has 0 saturated carbocycles. The van der Waals surface area contributed by atoms with Gasteiger partial charge < -0.3 is 5.11 Å². The zero-order valence-electron chi connectivity index (χ0n) is 16.2. The summed E-state index contributed by atoms with van der Waals surface area (Å²) in [5, 5.41) is 8.88. The fourth-order valence-corrected chi connectivity index (χ4v) is 4.72. The number of aryl methyl sites for hydroxylation is 1. The molecule has 0 aliphatic rings. The van der Waals surface area contributed by atoms with E-state index in [9.17, 15) is 13.2 Å². The Kier molecular flexibility index (Phi) is 11.2. The first-order valence-corrected chi connectivity index (χ1v) is 12.4. The lowest BCUT2D eigenvalue weighted by atomic mass is 10.0. The monoisotopic (exact) mass is 510 g/mol. The number of benzene rings is 1. The van der Waals surface area contributed by atoms with Crippen LogP contribution in [0.3, 0.4) is 0 Å². The van der Waals surface area contributed by atoms with Crippen molar-refractivity contribution in [3.63, 3.8) is 0 Å². The molecule has 0 saturated heterocycles. The van der Waals surface area contributed by atoms with E-state index < -0.39 is 22.2 Å². The second-order valence-corrected chi connectivity index (χ2v) is 9.34. The molecule has 0 spiro atoms. The first kappa shape index (κ1) is 24.2. The molecule has 1 aromatic rings. The standard InChI is InChI=1S/C19H31IN2O4S/c1-3-4-5-6-7-8-9-16-10-12-18(13-11-16)22(2)27(25,26)21-17(15-20)14-19(23)24/h10-13,17,21H,3-9,14-15H2,1-2H3,(H,23,24)/t17-/m1/s1. The van der Waals surface area contributed by atoms with Crippen molar-refractivity contribution in [2.24, 2.45) is 0 Å². The lowest BCUT2D eigenvalue weighted by Crippen LogP contribution is -2.45. The number of carboxylic acids is 1. The quantitative estimate of drug-likeness (QED) is 0.224. The van der Waals surface area contributed by atoms with Crippen LogP contribution in [0.15, 0.2) is 24.3 Å². The molecule has 8 heteroatoms. The van der Waals surface area contributed by atoms with Gasteiger partial charge in [-0.25, -0.2) is 0 Å². The Morgan fingerprint density at radius 2 is 1.74 bits per heavy atom. The molecule has 0 fully saturated rings. The van der Waals surface area contributed by atoms with Crippen LogP contribution in [0, 0.1) is 0 Å². The summed E-state index contributed by atoms with van der Waals surface area (Å²) in [6.45, 7) is 2.21. The maximum atomic E-state index is 12.5. The summed E-state index contributed by atoms with van der Waals surface area (Å²) in [7, 11) is -2.33. The van der Waals surface area contributed by atoms with Crippen LogP contribution in [0.4, 0.5) is 5.69 Å². The third-order valence-electron chi connectivity index (χ3n) is 4.40. The minimum atomic E-state index is -3.80. The van der Waals surface area contributed by atoms with E-state index in [1.807, 2.05) is 34.7 Å². The number of halogens is 1. The Balaban J connectivity index is 2.59. The van der Waals surface area contributed by atoms with Gasteiger partial charge in [0.2, 0.25) is 0 Å². The molecule has 27 heavy (non-hydrogen) atoms. The number of hydrogen-bond donors (Lipinski definition) is 2. The SMILES string of the molecule is CCCCCCCCc1ccc(N(C)S(=O)(=O)N[C@@H](CI)CC(=O)O)cc1. The van der Waals surface area contributed by atoms with E-state index in [0.29, 0.717) is 10.1 Å². The number of aliphatic carboxylic acids is 1. The molecule has 6 nitrogen and oxygen atoms in total.